The van der Waals surface area contributed by atoms with Crippen LogP contribution >= 0.6 is 0 Å². The number of benzene rings is 1. The molecule has 0 saturated heterocycles. The number of fused-ring (bicyclic) bond motifs is 3. The van der Waals surface area contributed by atoms with Crippen molar-refractivity contribution in [2.24, 2.45) is 11.8 Å². The van der Waals surface area contributed by atoms with Gasteiger partial charge in [0.15, 0.2) is 11.5 Å². The first kappa shape index (κ1) is 19.1. The minimum atomic E-state index is -0.228. The minimum absolute atomic E-state index is 0.228. The quantitative estimate of drug-likeness (QED) is 0.513. The number of hydrogen-bond acceptors (Lipinski definition) is 3. The summed E-state index contributed by atoms with van der Waals surface area (Å²) < 4.78 is 12.5. The number of H-pyrrole nitrogens is 1. The molecule has 3 aromatic rings. The lowest BCUT2D eigenvalue weighted by atomic mass is 9.78. The van der Waals surface area contributed by atoms with Gasteiger partial charge in [-0.2, -0.15) is 0 Å². The predicted octanol–water partition coefficient (Wildman–Crippen LogP) is 6.44. The highest BCUT2D eigenvalue weighted by molar-refractivity contribution is 6.09. The Kier molecular flexibility index (Phi) is 4.76. The maximum absolute atomic E-state index is 6.73. The molecule has 4 rings (SSSR count). The molecule has 0 unspecified atom stereocenters. The summed E-state index contributed by atoms with van der Waals surface area (Å²) in [5.74, 6) is 2.99. The zero-order valence-corrected chi connectivity index (χ0v) is 17.9. The summed E-state index contributed by atoms with van der Waals surface area (Å²) in [5, 5.41) is 2.41. The van der Waals surface area contributed by atoms with E-state index in [4.69, 9.17) is 14.5 Å². The molecule has 0 spiro atoms. The molecule has 4 nitrogen and oxygen atoms in total. The molecule has 0 amide bonds. The van der Waals surface area contributed by atoms with Gasteiger partial charge < -0.3 is 14.5 Å². The van der Waals surface area contributed by atoms with E-state index in [0.29, 0.717) is 17.8 Å². The molecule has 0 bridgehead atoms. The van der Waals surface area contributed by atoms with E-state index >= 15 is 0 Å². The van der Waals surface area contributed by atoms with E-state index in [1.54, 1.807) is 7.11 Å². The molecule has 1 saturated carbocycles. The van der Waals surface area contributed by atoms with E-state index in [1.807, 2.05) is 6.20 Å². The van der Waals surface area contributed by atoms with Gasteiger partial charge in [0.1, 0.15) is 5.60 Å². The number of ether oxygens (including phenoxy) is 2. The maximum Gasteiger partial charge on any atom is 0.164 e. The number of aromatic nitrogens is 2. The summed E-state index contributed by atoms with van der Waals surface area (Å²) in [6, 6.07) is 6.30. The van der Waals surface area contributed by atoms with Gasteiger partial charge in [-0.3, -0.25) is 4.98 Å². The Hall–Kier alpha value is -2.23. The van der Waals surface area contributed by atoms with E-state index in [2.05, 4.69) is 57.8 Å². The second-order valence-corrected chi connectivity index (χ2v) is 8.79. The molecule has 0 aliphatic heterocycles. The molecule has 0 radical (unpaired) electrons. The second-order valence-electron chi connectivity index (χ2n) is 8.79. The fraction of sp³-hybridized carbons (Fsp3) is 0.542. The number of rotatable bonds is 7. The van der Waals surface area contributed by atoms with Crippen LogP contribution in [0.25, 0.3) is 21.8 Å². The minimum Gasteiger partial charge on any atom is -0.493 e. The highest BCUT2D eigenvalue weighted by atomic mass is 16.5. The Morgan fingerprint density at radius 2 is 1.82 bits per heavy atom. The van der Waals surface area contributed by atoms with Crippen LogP contribution in [0.4, 0.5) is 0 Å². The van der Waals surface area contributed by atoms with E-state index in [1.165, 1.54) is 29.3 Å². The molecule has 4 heteroatoms. The van der Waals surface area contributed by atoms with Gasteiger partial charge in [-0.25, -0.2) is 0 Å². The van der Waals surface area contributed by atoms with Gasteiger partial charge in [-0.05, 0) is 43.2 Å². The summed E-state index contributed by atoms with van der Waals surface area (Å²) in [6.07, 6.45) is 5.34. The van der Waals surface area contributed by atoms with Crippen molar-refractivity contribution in [1.29, 1.82) is 0 Å². The second kappa shape index (κ2) is 6.98. The Morgan fingerprint density at radius 1 is 1.11 bits per heavy atom. The largest absolute Gasteiger partial charge is 0.493 e. The van der Waals surface area contributed by atoms with Crippen LogP contribution in [0.15, 0.2) is 24.4 Å². The first-order chi connectivity index (χ1) is 13.4. The predicted molar refractivity (Wildman–Crippen MR) is 115 cm³/mol. The molecule has 2 heterocycles. The van der Waals surface area contributed by atoms with Gasteiger partial charge in [-0.1, -0.05) is 34.6 Å². The third-order valence-electron chi connectivity index (χ3n) is 6.59. The van der Waals surface area contributed by atoms with Crippen molar-refractivity contribution in [1.82, 2.24) is 9.97 Å². The fourth-order valence-corrected chi connectivity index (χ4v) is 4.78. The Labute approximate surface area is 167 Å². The maximum atomic E-state index is 6.73. The standard InChI is InChI=1S/C24H32N2O2/c1-7-24(14(2)3,15(4)5)28-21-13-19-17(12-20(21)27-6)22-18(26-19)10-11-25-23(22)16-8-9-16/h10-16,26H,7-9H2,1-6H3. The first-order valence-corrected chi connectivity index (χ1v) is 10.6. The summed E-state index contributed by atoms with van der Waals surface area (Å²) in [7, 11) is 1.72. The average Bonchev–Trinajstić information content (AvgIpc) is 3.45. The van der Waals surface area contributed by atoms with Crippen LogP contribution in [-0.4, -0.2) is 22.7 Å². The zero-order valence-electron chi connectivity index (χ0n) is 17.9. The van der Waals surface area contributed by atoms with Crippen LogP contribution in [0.1, 0.15) is 65.5 Å². The topological polar surface area (TPSA) is 47.1 Å². The first-order valence-electron chi connectivity index (χ1n) is 10.6. The molecule has 1 fully saturated rings. The van der Waals surface area contributed by atoms with Crippen LogP contribution in [0.5, 0.6) is 11.5 Å². The van der Waals surface area contributed by atoms with Gasteiger partial charge in [0.25, 0.3) is 0 Å². The summed E-state index contributed by atoms with van der Waals surface area (Å²) in [6.45, 7) is 11.2. The molecule has 150 valence electrons. The number of pyridine rings is 1. The third kappa shape index (κ3) is 2.94. The number of hydrogen-bond donors (Lipinski definition) is 1. The van der Waals surface area contributed by atoms with Gasteiger partial charge in [0.2, 0.25) is 0 Å². The number of nitrogens with one attached hydrogen (secondary N) is 1. The Bertz CT molecular complexity index is 991. The highest BCUT2D eigenvalue weighted by Crippen LogP contribution is 2.46. The van der Waals surface area contributed by atoms with Crippen LogP contribution < -0.4 is 9.47 Å². The van der Waals surface area contributed by atoms with E-state index in [-0.39, 0.29) is 5.60 Å². The Balaban J connectivity index is 1.88. The van der Waals surface area contributed by atoms with Gasteiger partial charge in [-0.15, -0.1) is 0 Å². The molecule has 0 atom stereocenters. The summed E-state index contributed by atoms with van der Waals surface area (Å²) in [4.78, 5) is 8.28. The number of aromatic amines is 1. The van der Waals surface area contributed by atoms with Crippen LogP contribution in [-0.2, 0) is 0 Å². The van der Waals surface area contributed by atoms with E-state index in [0.717, 1.165) is 29.0 Å². The molecular formula is C24H32N2O2. The van der Waals surface area contributed by atoms with Crippen molar-refractivity contribution >= 4 is 21.8 Å². The van der Waals surface area contributed by atoms with Crippen molar-refractivity contribution in [3.63, 3.8) is 0 Å². The lowest BCUT2D eigenvalue weighted by Gasteiger charge is -2.41. The van der Waals surface area contributed by atoms with Gasteiger partial charge in [0.05, 0.1) is 18.3 Å². The summed E-state index contributed by atoms with van der Waals surface area (Å²) in [5.41, 5.74) is 3.21. The summed E-state index contributed by atoms with van der Waals surface area (Å²) >= 11 is 0. The SMILES string of the molecule is CCC(Oc1cc2[nH]c3ccnc(C4CC4)c3c2cc1OC)(C(C)C)C(C)C. The molecule has 1 aliphatic carbocycles. The molecule has 1 aliphatic rings. The number of methoxy groups -OCH3 is 1. The molecule has 1 aromatic carbocycles. The van der Waals surface area contributed by atoms with Crippen LogP contribution in [0.2, 0.25) is 0 Å². The van der Waals surface area contributed by atoms with Crippen LogP contribution in [0, 0.1) is 11.8 Å². The monoisotopic (exact) mass is 380 g/mol. The molecule has 2 aromatic heterocycles. The Morgan fingerprint density at radius 3 is 2.39 bits per heavy atom. The highest BCUT2D eigenvalue weighted by Gasteiger charge is 2.38. The smallest absolute Gasteiger partial charge is 0.164 e. The van der Waals surface area contributed by atoms with Crippen molar-refractivity contribution < 1.29 is 9.47 Å². The van der Waals surface area contributed by atoms with E-state index in [9.17, 15) is 0 Å². The lowest BCUT2D eigenvalue weighted by Crippen LogP contribution is -2.46. The van der Waals surface area contributed by atoms with Crippen molar-refractivity contribution in [2.45, 2.75) is 65.4 Å². The fourth-order valence-electron chi connectivity index (χ4n) is 4.78. The zero-order chi connectivity index (χ0) is 20.1. The molecular weight excluding hydrogens is 348 g/mol. The normalized spacial score (nSPS) is 15.1. The third-order valence-corrected chi connectivity index (χ3v) is 6.59. The van der Waals surface area contributed by atoms with Crippen molar-refractivity contribution in [3.05, 3.63) is 30.1 Å². The van der Waals surface area contributed by atoms with Gasteiger partial charge in [0, 0.05) is 34.5 Å². The van der Waals surface area contributed by atoms with Crippen molar-refractivity contribution in [3.8, 4) is 11.5 Å². The lowest BCUT2D eigenvalue weighted by molar-refractivity contribution is -0.0261. The molecule has 28 heavy (non-hydrogen) atoms. The molecule has 1 N–H and O–H groups in total. The number of nitrogens with zero attached hydrogens (tertiary/aromatic N) is 1. The van der Waals surface area contributed by atoms with Crippen molar-refractivity contribution in [2.75, 3.05) is 7.11 Å². The van der Waals surface area contributed by atoms with Crippen LogP contribution in [0.3, 0.4) is 0 Å². The van der Waals surface area contributed by atoms with E-state index < -0.39 is 0 Å². The van der Waals surface area contributed by atoms with Gasteiger partial charge >= 0.3 is 0 Å². The average molecular weight is 381 g/mol.